The van der Waals surface area contributed by atoms with Crippen LogP contribution in [0.15, 0.2) is 28.7 Å². The van der Waals surface area contributed by atoms with E-state index in [1.807, 2.05) is 24.3 Å². The molecule has 0 unspecified atom stereocenters. The molecule has 0 aliphatic heterocycles. The second kappa shape index (κ2) is 5.89. The van der Waals surface area contributed by atoms with Crippen LogP contribution in [0.2, 0.25) is 0 Å². The number of hydrogen-bond donors (Lipinski definition) is 0. The van der Waals surface area contributed by atoms with Crippen LogP contribution in [0.3, 0.4) is 0 Å². The van der Waals surface area contributed by atoms with E-state index in [-0.39, 0.29) is 4.75 Å². The van der Waals surface area contributed by atoms with Gasteiger partial charge >= 0.3 is 0 Å². The lowest BCUT2D eigenvalue weighted by Gasteiger charge is -2.13. The van der Waals surface area contributed by atoms with Gasteiger partial charge in [0, 0.05) is 14.8 Å². The minimum atomic E-state index is 0.263. The topological polar surface area (TPSA) is 0 Å². The van der Waals surface area contributed by atoms with E-state index in [0.29, 0.717) is 0 Å². The first-order valence-corrected chi connectivity index (χ1v) is 7.53. The van der Waals surface area contributed by atoms with E-state index in [2.05, 4.69) is 47.9 Å². The first-order valence-electron chi connectivity index (χ1n) is 4.59. The van der Waals surface area contributed by atoms with Crippen molar-refractivity contribution in [2.24, 2.45) is 0 Å². The zero-order valence-corrected chi connectivity index (χ0v) is 12.2. The fourth-order valence-corrected chi connectivity index (χ4v) is 2.47. The van der Waals surface area contributed by atoms with Gasteiger partial charge in [-0.05, 0) is 40.3 Å². The lowest BCUT2D eigenvalue weighted by atomic mass is 10.2. The number of halogens is 1. The van der Waals surface area contributed by atoms with Crippen LogP contribution in [-0.4, -0.2) is 4.75 Å². The van der Waals surface area contributed by atoms with Crippen LogP contribution < -0.4 is 0 Å². The predicted molar refractivity (Wildman–Crippen MR) is 76.0 cm³/mol. The fraction of sp³-hybridized carbons (Fsp3) is 0.333. The molecule has 80 valence electrons. The van der Waals surface area contributed by atoms with E-state index in [1.165, 1.54) is 0 Å². The van der Waals surface area contributed by atoms with Crippen molar-refractivity contribution in [3.63, 3.8) is 0 Å². The van der Waals surface area contributed by atoms with E-state index < -0.39 is 0 Å². The molecule has 0 amide bonds. The third-order valence-corrected chi connectivity index (χ3v) is 4.67. The van der Waals surface area contributed by atoms with E-state index in [9.17, 15) is 0 Å². The Morgan fingerprint density at radius 3 is 2.27 bits per heavy atom. The Balaban J connectivity index is 2.48. The van der Waals surface area contributed by atoms with Gasteiger partial charge in [-0.1, -0.05) is 53.4 Å². The number of benzene rings is 1. The summed E-state index contributed by atoms with van der Waals surface area (Å²) >= 11 is 3.40. The maximum Gasteiger partial charge on any atom is 0.0255 e. The summed E-state index contributed by atoms with van der Waals surface area (Å²) in [6.07, 6.45) is 0. The van der Waals surface area contributed by atoms with Gasteiger partial charge in [0.05, 0.1) is 0 Å². The fourth-order valence-electron chi connectivity index (χ4n) is 0.759. The molecule has 0 atom stereocenters. The summed E-state index contributed by atoms with van der Waals surface area (Å²) in [5.74, 6) is 3.12. The molecule has 1 aromatic carbocycles. The van der Waals surface area contributed by atoms with Gasteiger partial charge in [-0.2, -0.15) is 0 Å². The first-order chi connectivity index (χ1) is 6.97. The molecule has 0 nitrogen and oxygen atoms in total. The van der Waals surface area contributed by atoms with Crippen LogP contribution in [0.4, 0.5) is 0 Å². The van der Waals surface area contributed by atoms with E-state index in [1.54, 1.807) is 21.6 Å². The van der Waals surface area contributed by atoms with Crippen molar-refractivity contribution in [1.29, 1.82) is 0 Å². The maximum atomic E-state index is 3.40. The molecule has 0 aliphatic carbocycles. The Morgan fingerprint density at radius 1 is 1.13 bits per heavy atom. The molecular weight excluding hydrogens is 288 g/mol. The van der Waals surface area contributed by atoms with Gasteiger partial charge in [0.15, 0.2) is 0 Å². The van der Waals surface area contributed by atoms with Gasteiger partial charge in [-0.15, -0.1) is 0 Å². The van der Waals surface area contributed by atoms with Crippen LogP contribution in [0.25, 0.3) is 0 Å². The molecule has 15 heavy (non-hydrogen) atoms. The van der Waals surface area contributed by atoms with Crippen LogP contribution in [0.1, 0.15) is 26.3 Å². The summed E-state index contributed by atoms with van der Waals surface area (Å²) in [7, 11) is 3.39. The van der Waals surface area contributed by atoms with Crippen molar-refractivity contribution >= 4 is 37.5 Å². The molecule has 0 bridgehead atoms. The normalized spacial score (nSPS) is 10.7. The zero-order chi connectivity index (χ0) is 11.3. The number of rotatable bonds is 1. The lowest BCUT2D eigenvalue weighted by molar-refractivity contribution is 0.810. The second-order valence-electron chi connectivity index (χ2n) is 4.01. The van der Waals surface area contributed by atoms with E-state index >= 15 is 0 Å². The highest BCUT2D eigenvalue weighted by atomic mass is 79.9. The zero-order valence-electron chi connectivity index (χ0n) is 9.00. The van der Waals surface area contributed by atoms with Crippen molar-refractivity contribution in [1.82, 2.24) is 0 Å². The minimum Gasteiger partial charge on any atom is -0.0745 e. The van der Waals surface area contributed by atoms with Crippen LogP contribution >= 0.6 is 37.5 Å². The molecule has 0 N–H and O–H groups in total. The van der Waals surface area contributed by atoms with Crippen molar-refractivity contribution in [3.8, 4) is 11.2 Å². The lowest BCUT2D eigenvalue weighted by Crippen LogP contribution is -2.03. The third kappa shape index (κ3) is 6.19. The molecule has 0 aliphatic rings. The quantitative estimate of drug-likeness (QED) is 0.532. The molecule has 0 fully saturated rings. The molecular formula is C12H13BrS2. The molecule has 3 heteroatoms. The molecule has 0 aromatic heterocycles. The molecule has 1 rings (SSSR count). The summed E-state index contributed by atoms with van der Waals surface area (Å²) in [4.78, 5) is 0. The summed E-state index contributed by atoms with van der Waals surface area (Å²) in [6.45, 7) is 6.56. The van der Waals surface area contributed by atoms with E-state index in [0.717, 1.165) is 10.0 Å². The molecule has 0 spiro atoms. The summed E-state index contributed by atoms with van der Waals surface area (Å²) in [5.41, 5.74) is 1.06. The second-order valence-corrected chi connectivity index (χ2v) is 7.69. The highest BCUT2D eigenvalue weighted by Crippen LogP contribution is 2.34. The third-order valence-electron chi connectivity index (χ3n) is 1.37. The Hall–Kier alpha value is -0.0400. The average molecular weight is 301 g/mol. The smallest absolute Gasteiger partial charge is 0.0255 e. The Labute approximate surface area is 108 Å². The molecule has 1 aromatic rings. The van der Waals surface area contributed by atoms with Crippen molar-refractivity contribution < 1.29 is 0 Å². The first kappa shape index (κ1) is 13.0. The highest BCUT2D eigenvalue weighted by Gasteiger charge is 2.09. The van der Waals surface area contributed by atoms with Crippen molar-refractivity contribution in [2.75, 3.05) is 0 Å². The molecule has 0 heterocycles. The van der Waals surface area contributed by atoms with E-state index in [4.69, 9.17) is 0 Å². The molecule has 0 saturated carbocycles. The molecule has 0 radical (unpaired) electrons. The largest absolute Gasteiger partial charge is 0.0745 e. The minimum absolute atomic E-state index is 0.263. The Morgan fingerprint density at radius 2 is 1.73 bits per heavy atom. The summed E-state index contributed by atoms with van der Waals surface area (Å²) < 4.78 is 1.35. The van der Waals surface area contributed by atoms with Crippen LogP contribution in [-0.2, 0) is 0 Å². The van der Waals surface area contributed by atoms with Gasteiger partial charge in [-0.25, -0.2) is 0 Å². The summed E-state index contributed by atoms with van der Waals surface area (Å²) in [6, 6.07) is 8.04. The molecule has 0 saturated heterocycles. The standard InChI is InChI=1S/C12H13BrS2/c1-12(2,3)15-14-9-8-10-4-6-11(13)7-5-10/h4-7H,1-3H3. The van der Waals surface area contributed by atoms with Gasteiger partial charge in [-0.3, -0.25) is 0 Å². The SMILES string of the molecule is CC(C)(C)SSC#Cc1ccc(Br)cc1. The van der Waals surface area contributed by atoms with Gasteiger partial charge in [0.25, 0.3) is 0 Å². The van der Waals surface area contributed by atoms with Crippen LogP contribution in [0, 0.1) is 11.2 Å². The Kier molecular flexibility index (Phi) is 5.11. The van der Waals surface area contributed by atoms with Crippen LogP contribution in [0.5, 0.6) is 0 Å². The van der Waals surface area contributed by atoms with Crippen molar-refractivity contribution in [3.05, 3.63) is 34.3 Å². The highest BCUT2D eigenvalue weighted by molar-refractivity contribution is 9.10. The average Bonchev–Trinajstić information content (AvgIpc) is 2.14. The predicted octanol–water partition coefficient (Wildman–Crippen LogP) is 4.94. The van der Waals surface area contributed by atoms with Gasteiger partial charge in [0.1, 0.15) is 0 Å². The Bertz CT molecular complexity index is 365. The van der Waals surface area contributed by atoms with Gasteiger partial charge < -0.3 is 0 Å². The summed E-state index contributed by atoms with van der Waals surface area (Å²) in [5, 5.41) is 3.09. The van der Waals surface area contributed by atoms with Crippen molar-refractivity contribution in [2.45, 2.75) is 25.5 Å². The number of hydrogen-bond acceptors (Lipinski definition) is 2. The monoisotopic (exact) mass is 300 g/mol. The maximum absolute atomic E-state index is 3.40. The van der Waals surface area contributed by atoms with Gasteiger partial charge in [0.2, 0.25) is 0 Å².